The zero-order chi connectivity index (χ0) is 12.6. The Balaban J connectivity index is 1.55. The van der Waals surface area contributed by atoms with E-state index in [9.17, 15) is 4.79 Å². The topological polar surface area (TPSA) is 44.4 Å². The second-order valence-corrected chi connectivity index (χ2v) is 6.43. The number of likely N-dealkylation sites (tertiary alicyclic amines) is 1. The van der Waals surface area contributed by atoms with Crippen LogP contribution in [0.2, 0.25) is 0 Å². The van der Waals surface area contributed by atoms with Crippen molar-refractivity contribution in [1.29, 1.82) is 0 Å². The number of amides is 1. The van der Waals surface area contributed by atoms with E-state index in [0.717, 1.165) is 26.2 Å². The molecule has 3 fully saturated rings. The maximum Gasteiger partial charge on any atom is 0.237 e. The van der Waals surface area contributed by atoms with E-state index in [-0.39, 0.29) is 11.9 Å². The molecule has 0 aromatic carbocycles. The van der Waals surface area contributed by atoms with E-state index in [1.165, 1.54) is 32.1 Å². The summed E-state index contributed by atoms with van der Waals surface area (Å²) >= 11 is 0. The van der Waals surface area contributed by atoms with Crippen LogP contribution in [-0.4, -0.2) is 49.1 Å². The van der Waals surface area contributed by atoms with Crippen molar-refractivity contribution in [3.05, 3.63) is 0 Å². The number of nitrogens with zero attached hydrogens (tertiary/aromatic N) is 1. The van der Waals surface area contributed by atoms with Gasteiger partial charge < -0.3 is 10.6 Å². The van der Waals surface area contributed by atoms with Crippen LogP contribution >= 0.6 is 0 Å². The lowest BCUT2D eigenvalue weighted by Crippen LogP contribution is -2.46. The van der Waals surface area contributed by atoms with Crippen LogP contribution in [0.15, 0.2) is 0 Å². The van der Waals surface area contributed by atoms with Gasteiger partial charge in [-0.05, 0) is 64.1 Å². The maximum atomic E-state index is 12.1. The Morgan fingerprint density at radius 2 is 2.06 bits per heavy atom. The molecular formula is C14H25N3O. The molecule has 2 saturated heterocycles. The first-order valence-electron chi connectivity index (χ1n) is 7.44. The van der Waals surface area contributed by atoms with Gasteiger partial charge in [0.05, 0.1) is 6.04 Å². The lowest BCUT2D eigenvalue weighted by Gasteiger charge is -2.34. The molecule has 2 aliphatic heterocycles. The summed E-state index contributed by atoms with van der Waals surface area (Å²) < 4.78 is 0. The second-order valence-electron chi connectivity index (χ2n) is 6.43. The molecule has 0 aromatic heterocycles. The van der Waals surface area contributed by atoms with Crippen LogP contribution in [0.1, 0.15) is 39.0 Å². The highest BCUT2D eigenvalue weighted by Gasteiger charge is 2.41. The average molecular weight is 251 g/mol. The van der Waals surface area contributed by atoms with E-state index in [1.807, 2.05) is 0 Å². The van der Waals surface area contributed by atoms with Crippen LogP contribution in [0.5, 0.6) is 0 Å². The van der Waals surface area contributed by atoms with Crippen molar-refractivity contribution in [2.24, 2.45) is 5.41 Å². The summed E-state index contributed by atoms with van der Waals surface area (Å²) in [6, 6.07) is 0.537. The summed E-state index contributed by atoms with van der Waals surface area (Å²) in [6.07, 6.45) is 6.18. The third kappa shape index (κ3) is 2.54. The highest BCUT2D eigenvalue weighted by atomic mass is 16.2. The smallest absolute Gasteiger partial charge is 0.237 e. The van der Waals surface area contributed by atoms with Gasteiger partial charge in [-0.15, -0.1) is 0 Å². The highest BCUT2D eigenvalue weighted by Crippen LogP contribution is 2.39. The van der Waals surface area contributed by atoms with E-state index < -0.39 is 0 Å². The Morgan fingerprint density at radius 1 is 1.33 bits per heavy atom. The van der Waals surface area contributed by atoms with Gasteiger partial charge in [0, 0.05) is 12.6 Å². The van der Waals surface area contributed by atoms with Gasteiger partial charge in [0.25, 0.3) is 0 Å². The van der Waals surface area contributed by atoms with Gasteiger partial charge in [-0.3, -0.25) is 9.69 Å². The molecule has 1 aliphatic carbocycles. The van der Waals surface area contributed by atoms with Crippen LogP contribution in [0.4, 0.5) is 0 Å². The standard InChI is InChI=1S/C14H25N3O/c1-11(13(18)16-12-2-3-12)17-9-6-14(10-17)4-7-15-8-5-14/h11-12,15H,2-10H2,1H3,(H,16,18). The summed E-state index contributed by atoms with van der Waals surface area (Å²) in [5.74, 6) is 0.239. The van der Waals surface area contributed by atoms with Crippen molar-refractivity contribution < 1.29 is 4.79 Å². The molecule has 0 radical (unpaired) electrons. The fourth-order valence-corrected chi connectivity index (χ4v) is 3.38. The Morgan fingerprint density at radius 3 is 2.72 bits per heavy atom. The summed E-state index contributed by atoms with van der Waals surface area (Å²) in [4.78, 5) is 14.5. The summed E-state index contributed by atoms with van der Waals surface area (Å²) in [7, 11) is 0. The van der Waals surface area contributed by atoms with Gasteiger partial charge >= 0.3 is 0 Å². The zero-order valence-electron chi connectivity index (χ0n) is 11.4. The van der Waals surface area contributed by atoms with Crippen molar-refractivity contribution >= 4 is 5.91 Å². The highest BCUT2D eigenvalue weighted by molar-refractivity contribution is 5.81. The van der Waals surface area contributed by atoms with Gasteiger partial charge in [-0.1, -0.05) is 0 Å². The Hall–Kier alpha value is -0.610. The van der Waals surface area contributed by atoms with Crippen LogP contribution in [0.25, 0.3) is 0 Å². The van der Waals surface area contributed by atoms with Gasteiger partial charge in [0.2, 0.25) is 5.91 Å². The number of rotatable bonds is 3. The summed E-state index contributed by atoms with van der Waals surface area (Å²) in [5, 5.41) is 6.57. The monoisotopic (exact) mass is 251 g/mol. The number of nitrogens with one attached hydrogen (secondary N) is 2. The van der Waals surface area contributed by atoms with Crippen LogP contribution in [0.3, 0.4) is 0 Å². The quantitative estimate of drug-likeness (QED) is 0.777. The Bertz CT molecular complexity index is 321. The first kappa shape index (κ1) is 12.4. The second kappa shape index (κ2) is 4.82. The van der Waals surface area contributed by atoms with E-state index >= 15 is 0 Å². The van der Waals surface area contributed by atoms with E-state index in [1.54, 1.807) is 0 Å². The third-order valence-electron chi connectivity index (χ3n) is 4.98. The number of hydrogen-bond donors (Lipinski definition) is 2. The normalized spacial score (nSPS) is 29.4. The van der Waals surface area contributed by atoms with Crippen molar-refractivity contribution in [2.45, 2.75) is 51.1 Å². The van der Waals surface area contributed by atoms with Crippen LogP contribution in [0, 0.1) is 5.41 Å². The molecule has 4 nitrogen and oxygen atoms in total. The lowest BCUT2D eigenvalue weighted by molar-refractivity contribution is -0.125. The Labute approximate surface area is 109 Å². The molecule has 2 N–H and O–H groups in total. The van der Waals surface area contributed by atoms with E-state index in [4.69, 9.17) is 0 Å². The molecule has 1 amide bonds. The molecule has 18 heavy (non-hydrogen) atoms. The van der Waals surface area contributed by atoms with Gasteiger partial charge in [-0.2, -0.15) is 0 Å². The van der Waals surface area contributed by atoms with Crippen LogP contribution in [-0.2, 0) is 4.79 Å². The molecule has 1 spiro atoms. The number of piperidine rings is 1. The molecule has 1 unspecified atom stereocenters. The molecule has 1 atom stereocenters. The molecule has 0 bridgehead atoms. The van der Waals surface area contributed by atoms with Crippen molar-refractivity contribution in [3.63, 3.8) is 0 Å². The first-order valence-corrected chi connectivity index (χ1v) is 7.44. The zero-order valence-corrected chi connectivity index (χ0v) is 11.4. The van der Waals surface area contributed by atoms with Crippen molar-refractivity contribution in [3.8, 4) is 0 Å². The summed E-state index contributed by atoms with van der Waals surface area (Å²) in [5.41, 5.74) is 0.499. The fraction of sp³-hybridized carbons (Fsp3) is 0.929. The lowest BCUT2D eigenvalue weighted by atomic mass is 9.78. The minimum absolute atomic E-state index is 0.0554. The Kier molecular flexibility index (Phi) is 3.32. The van der Waals surface area contributed by atoms with Crippen LogP contribution < -0.4 is 10.6 Å². The summed E-state index contributed by atoms with van der Waals surface area (Å²) in [6.45, 7) is 6.58. The number of carbonyl (C=O) groups is 1. The molecule has 3 rings (SSSR count). The molecule has 1 saturated carbocycles. The SMILES string of the molecule is CC(C(=O)NC1CC1)N1CCC2(CCNCC2)C1. The molecule has 3 aliphatic rings. The maximum absolute atomic E-state index is 12.1. The molecule has 102 valence electrons. The van der Waals surface area contributed by atoms with Gasteiger partial charge in [-0.25, -0.2) is 0 Å². The van der Waals surface area contributed by atoms with E-state index in [0.29, 0.717) is 11.5 Å². The number of hydrogen-bond acceptors (Lipinski definition) is 3. The average Bonchev–Trinajstić information content (AvgIpc) is 3.11. The molecule has 0 aromatic rings. The predicted molar refractivity (Wildman–Crippen MR) is 71.4 cm³/mol. The molecule has 2 heterocycles. The minimum atomic E-state index is 0.0554. The van der Waals surface area contributed by atoms with Gasteiger partial charge in [0.15, 0.2) is 0 Å². The van der Waals surface area contributed by atoms with E-state index in [2.05, 4.69) is 22.5 Å². The first-order chi connectivity index (χ1) is 8.69. The largest absolute Gasteiger partial charge is 0.352 e. The van der Waals surface area contributed by atoms with Gasteiger partial charge in [0.1, 0.15) is 0 Å². The van der Waals surface area contributed by atoms with Crippen molar-refractivity contribution in [2.75, 3.05) is 26.2 Å². The van der Waals surface area contributed by atoms with Crippen molar-refractivity contribution in [1.82, 2.24) is 15.5 Å². The molecule has 4 heteroatoms. The molecular weight excluding hydrogens is 226 g/mol. The fourth-order valence-electron chi connectivity index (χ4n) is 3.38. The minimum Gasteiger partial charge on any atom is -0.352 e. The third-order valence-corrected chi connectivity index (χ3v) is 4.98. The number of carbonyl (C=O) groups excluding carboxylic acids is 1. The predicted octanol–water partition coefficient (Wildman–Crippen LogP) is 0.729.